The van der Waals surface area contributed by atoms with E-state index in [0.717, 1.165) is 17.3 Å². The summed E-state index contributed by atoms with van der Waals surface area (Å²) >= 11 is 0. The number of hydrogen-bond acceptors (Lipinski definition) is 5. The van der Waals surface area contributed by atoms with E-state index >= 15 is 0 Å². The summed E-state index contributed by atoms with van der Waals surface area (Å²) in [5.74, 6) is -0.190. The summed E-state index contributed by atoms with van der Waals surface area (Å²) < 4.78 is 49.0. The van der Waals surface area contributed by atoms with E-state index in [2.05, 4.69) is 15.3 Å². The molecule has 0 saturated heterocycles. The average Bonchev–Trinajstić information content (AvgIpc) is 2.70. The molecule has 0 aliphatic rings. The SMILES string of the molecule is NS(=O)(=O)c1ccc(Cc2ncc(F)c(Nc3ccc(CCCF)cc3)n2)cc1. The fourth-order valence-electron chi connectivity index (χ4n) is 2.72. The van der Waals surface area contributed by atoms with Gasteiger partial charge in [0.1, 0.15) is 5.82 Å². The summed E-state index contributed by atoms with van der Waals surface area (Å²) in [5, 5.41) is 8.00. The number of alkyl halides is 1. The van der Waals surface area contributed by atoms with Crippen molar-refractivity contribution < 1.29 is 17.2 Å². The number of benzene rings is 2. The molecule has 2 aromatic carbocycles. The van der Waals surface area contributed by atoms with Crippen LogP contribution in [0.2, 0.25) is 0 Å². The first kappa shape index (κ1) is 20.8. The van der Waals surface area contributed by atoms with Crippen LogP contribution in [0.5, 0.6) is 0 Å². The molecule has 0 atom stereocenters. The molecule has 0 aliphatic carbocycles. The lowest BCUT2D eigenvalue weighted by Gasteiger charge is -2.09. The molecule has 0 amide bonds. The monoisotopic (exact) mass is 418 g/mol. The fraction of sp³-hybridized carbons (Fsp3) is 0.200. The number of aryl methyl sites for hydroxylation is 1. The first-order valence-corrected chi connectivity index (χ1v) is 10.4. The van der Waals surface area contributed by atoms with Gasteiger partial charge in [-0.05, 0) is 48.2 Å². The van der Waals surface area contributed by atoms with Gasteiger partial charge in [0, 0.05) is 12.1 Å². The molecule has 3 aromatic rings. The molecule has 0 bridgehead atoms. The van der Waals surface area contributed by atoms with E-state index in [-0.39, 0.29) is 17.4 Å². The third-order valence-corrected chi connectivity index (χ3v) is 5.15. The second-order valence-electron chi connectivity index (χ2n) is 6.46. The number of nitrogens with one attached hydrogen (secondary N) is 1. The molecule has 1 aromatic heterocycles. The third kappa shape index (κ3) is 5.78. The number of halogens is 2. The van der Waals surface area contributed by atoms with Crippen molar-refractivity contribution in [3.63, 3.8) is 0 Å². The van der Waals surface area contributed by atoms with E-state index in [0.29, 0.717) is 30.8 Å². The molecule has 1 heterocycles. The molecular weight excluding hydrogens is 398 g/mol. The van der Waals surface area contributed by atoms with Crippen LogP contribution in [0, 0.1) is 5.82 Å². The van der Waals surface area contributed by atoms with Crippen LogP contribution in [0.15, 0.2) is 59.6 Å². The highest BCUT2D eigenvalue weighted by Crippen LogP contribution is 2.20. The zero-order valence-electron chi connectivity index (χ0n) is 15.5. The maximum absolute atomic E-state index is 14.1. The highest BCUT2D eigenvalue weighted by atomic mass is 32.2. The molecule has 0 radical (unpaired) electrons. The Kier molecular flexibility index (Phi) is 6.50. The summed E-state index contributed by atoms with van der Waals surface area (Å²) in [6, 6.07) is 13.3. The second kappa shape index (κ2) is 9.06. The van der Waals surface area contributed by atoms with Crippen molar-refractivity contribution in [3.05, 3.63) is 77.5 Å². The predicted octanol–water partition coefficient (Wildman–Crippen LogP) is 3.50. The van der Waals surface area contributed by atoms with Crippen molar-refractivity contribution in [2.24, 2.45) is 5.14 Å². The molecule has 0 unspecified atom stereocenters. The highest BCUT2D eigenvalue weighted by Gasteiger charge is 2.10. The van der Waals surface area contributed by atoms with E-state index in [4.69, 9.17) is 5.14 Å². The average molecular weight is 418 g/mol. The Balaban J connectivity index is 1.72. The Morgan fingerprint density at radius 3 is 2.28 bits per heavy atom. The Hall–Kier alpha value is -2.91. The van der Waals surface area contributed by atoms with Crippen molar-refractivity contribution in [1.29, 1.82) is 0 Å². The number of primary sulfonamides is 1. The van der Waals surface area contributed by atoms with Crippen LogP contribution in [0.4, 0.5) is 20.3 Å². The van der Waals surface area contributed by atoms with Gasteiger partial charge in [-0.3, -0.25) is 4.39 Å². The third-order valence-electron chi connectivity index (χ3n) is 4.22. The van der Waals surface area contributed by atoms with Crippen molar-refractivity contribution >= 4 is 21.5 Å². The van der Waals surface area contributed by atoms with Crippen LogP contribution in [-0.4, -0.2) is 25.1 Å². The largest absolute Gasteiger partial charge is 0.338 e. The molecule has 0 saturated carbocycles. The topological polar surface area (TPSA) is 98.0 Å². The summed E-state index contributed by atoms with van der Waals surface area (Å²) in [4.78, 5) is 8.22. The van der Waals surface area contributed by atoms with Gasteiger partial charge in [-0.2, -0.15) is 0 Å². The lowest BCUT2D eigenvalue weighted by molar-refractivity contribution is 0.473. The first-order chi connectivity index (χ1) is 13.8. The first-order valence-electron chi connectivity index (χ1n) is 8.90. The molecule has 152 valence electrons. The van der Waals surface area contributed by atoms with Gasteiger partial charge in [0.15, 0.2) is 11.6 Å². The molecule has 0 fully saturated rings. The molecule has 9 heteroatoms. The number of nitrogens with zero attached hydrogens (tertiary/aromatic N) is 2. The smallest absolute Gasteiger partial charge is 0.238 e. The zero-order valence-corrected chi connectivity index (χ0v) is 16.3. The summed E-state index contributed by atoms with van der Waals surface area (Å²) in [6.07, 6.45) is 2.49. The predicted molar refractivity (Wildman–Crippen MR) is 107 cm³/mol. The van der Waals surface area contributed by atoms with Gasteiger partial charge in [0.2, 0.25) is 10.0 Å². The molecule has 0 aliphatic heterocycles. The Morgan fingerprint density at radius 1 is 1.00 bits per heavy atom. The quantitative estimate of drug-likeness (QED) is 0.583. The fourth-order valence-corrected chi connectivity index (χ4v) is 3.23. The maximum atomic E-state index is 14.1. The van der Waals surface area contributed by atoms with Gasteiger partial charge < -0.3 is 5.32 Å². The summed E-state index contributed by atoms with van der Waals surface area (Å²) in [7, 11) is -3.76. The van der Waals surface area contributed by atoms with Gasteiger partial charge in [0.25, 0.3) is 0 Å². The standard InChI is InChI=1S/C20H20F2N4O2S/c21-11-1-2-14-3-7-16(8-4-14)25-20-18(22)13-24-19(26-20)12-15-5-9-17(10-6-15)29(23,27)28/h3-10,13H,1-2,11-12H2,(H2,23,27,28)(H,24,25,26). The Morgan fingerprint density at radius 2 is 1.66 bits per heavy atom. The minimum atomic E-state index is -3.76. The van der Waals surface area contributed by atoms with Gasteiger partial charge in [-0.1, -0.05) is 24.3 Å². The van der Waals surface area contributed by atoms with Crippen molar-refractivity contribution in [1.82, 2.24) is 9.97 Å². The number of hydrogen-bond donors (Lipinski definition) is 2. The molecule has 3 N–H and O–H groups in total. The van der Waals surface area contributed by atoms with Crippen LogP contribution in [0.1, 0.15) is 23.4 Å². The number of aromatic nitrogens is 2. The van der Waals surface area contributed by atoms with Crippen LogP contribution in [0.3, 0.4) is 0 Å². The van der Waals surface area contributed by atoms with E-state index in [1.54, 1.807) is 24.3 Å². The van der Waals surface area contributed by atoms with Gasteiger partial charge >= 0.3 is 0 Å². The molecule has 0 spiro atoms. The molecule has 3 rings (SSSR count). The van der Waals surface area contributed by atoms with Crippen molar-refractivity contribution in [2.75, 3.05) is 12.0 Å². The van der Waals surface area contributed by atoms with Crippen LogP contribution < -0.4 is 10.5 Å². The van der Waals surface area contributed by atoms with Gasteiger partial charge in [-0.25, -0.2) is 27.9 Å². The Bertz CT molecular complexity index is 1070. The van der Waals surface area contributed by atoms with E-state index < -0.39 is 15.8 Å². The zero-order chi connectivity index (χ0) is 20.9. The number of anilines is 2. The van der Waals surface area contributed by atoms with Crippen LogP contribution in [-0.2, 0) is 22.9 Å². The lowest BCUT2D eigenvalue weighted by atomic mass is 10.1. The lowest BCUT2D eigenvalue weighted by Crippen LogP contribution is -2.12. The maximum Gasteiger partial charge on any atom is 0.238 e. The van der Waals surface area contributed by atoms with Crippen LogP contribution in [0.25, 0.3) is 0 Å². The number of sulfonamides is 1. The Labute approximate surface area is 167 Å². The van der Waals surface area contributed by atoms with Crippen molar-refractivity contribution in [3.8, 4) is 0 Å². The van der Waals surface area contributed by atoms with Gasteiger partial charge in [0.05, 0.1) is 17.8 Å². The number of rotatable bonds is 8. The minimum absolute atomic E-state index is 0.0126. The van der Waals surface area contributed by atoms with Gasteiger partial charge in [-0.15, -0.1) is 0 Å². The number of nitrogens with two attached hydrogens (primary N) is 1. The van der Waals surface area contributed by atoms with E-state index in [9.17, 15) is 17.2 Å². The summed E-state index contributed by atoms with van der Waals surface area (Å²) in [6.45, 7) is -0.361. The molecule has 29 heavy (non-hydrogen) atoms. The minimum Gasteiger partial charge on any atom is -0.338 e. The van der Waals surface area contributed by atoms with E-state index in [1.807, 2.05) is 12.1 Å². The summed E-state index contributed by atoms with van der Waals surface area (Å²) in [5.41, 5.74) is 2.40. The molecule has 6 nitrogen and oxygen atoms in total. The van der Waals surface area contributed by atoms with Crippen molar-refractivity contribution in [2.45, 2.75) is 24.2 Å². The normalized spacial score (nSPS) is 11.4. The second-order valence-corrected chi connectivity index (χ2v) is 8.02. The molecular formula is C20H20F2N4O2S. The highest BCUT2D eigenvalue weighted by molar-refractivity contribution is 7.89. The van der Waals surface area contributed by atoms with Crippen LogP contribution >= 0.6 is 0 Å². The van der Waals surface area contributed by atoms with E-state index in [1.165, 1.54) is 12.1 Å².